The second kappa shape index (κ2) is 6.60. The van der Waals surface area contributed by atoms with Crippen molar-refractivity contribution in [3.8, 4) is 23.5 Å². The second-order valence-electron chi connectivity index (χ2n) is 5.19. The summed E-state index contributed by atoms with van der Waals surface area (Å²) in [6.45, 7) is 2.00. The maximum absolute atomic E-state index is 9.36. The highest BCUT2D eigenvalue weighted by molar-refractivity contribution is 5.86. The zero-order chi connectivity index (χ0) is 16.9. The fraction of sp³-hybridized carbons (Fsp3) is 0.0526. The van der Waals surface area contributed by atoms with Crippen molar-refractivity contribution in [1.29, 1.82) is 10.5 Å². The van der Waals surface area contributed by atoms with Crippen molar-refractivity contribution in [2.24, 2.45) is 0 Å². The molecule has 0 bridgehead atoms. The monoisotopic (exact) mass is 312 g/mol. The van der Waals surface area contributed by atoms with E-state index in [2.05, 4.69) is 22.3 Å². The molecule has 1 heterocycles. The van der Waals surface area contributed by atoms with E-state index in [1.54, 1.807) is 30.3 Å². The van der Waals surface area contributed by atoms with Gasteiger partial charge < -0.3 is 4.52 Å². The molecule has 0 spiro atoms. The molecule has 5 heteroatoms. The molecule has 0 N–H and O–H groups in total. The molecule has 0 saturated heterocycles. The molecule has 0 aliphatic heterocycles. The predicted octanol–water partition coefficient (Wildman–Crippen LogP) is 3.98. The number of hydrogen-bond acceptors (Lipinski definition) is 5. The standard InChI is InChI=1S/C19H12N4O/c1-13-2-8-16(9-3-13)18-22-19(24-23-18)17(12-21)10-14-4-6-15(11-20)7-5-14/h2-10H,1H3/b17-10+. The second-order valence-corrected chi connectivity index (χ2v) is 5.19. The Balaban J connectivity index is 1.91. The van der Waals surface area contributed by atoms with E-state index < -0.39 is 0 Å². The van der Waals surface area contributed by atoms with E-state index in [0.29, 0.717) is 11.4 Å². The Bertz CT molecular complexity index is 968. The summed E-state index contributed by atoms with van der Waals surface area (Å²) in [6.07, 6.45) is 1.65. The summed E-state index contributed by atoms with van der Waals surface area (Å²) in [4.78, 5) is 4.29. The van der Waals surface area contributed by atoms with Gasteiger partial charge in [-0.3, -0.25) is 0 Å². The van der Waals surface area contributed by atoms with Gasteiger partial charge in [-0.1, -0.05) is 47.1 Å². The van der Waals surface area contributed by atoms with Gasteiger partial charge in [-0.2, -0.15) is 15.5 Å². The highest BCUT2D eigenvalue weighted by atomic mass is 16.5. The summed E-state index contributed by atoms with van der Waals surface area (Å²) >= 11 is 0. The Morgan fingerprint density at radius 2 is 1.75 bits per heavy atom. The molecular formula is C19H12N4O. The summed E-state index contributed by atoms with van der Waals surface area (Å²) in [6, 6.07) is 18.7. The normalized spacial score (nSPS) is 10.9. The van der Waals surface area contributed by atoms with Gasteiger partial charge in [0.1, 0.15) is 11.6 Å². The van der Waals surface area contributed by atoms with Crippen molar-refractivity contribution in [3.05, 3.63) is 71.1 Å². The van der Waals surface area contributed by atoms with Crippen LogP contribution >= 0.6 is 0 Å². The van der Waals surface area contributed by atoms with Gasteiger partial charge >= 0.3 is 0 Å². The lowest BCUT2D eigenvalue weighted by atomic mass is 10.1. The van der Waals surface area contributed by atoms with Gasteiger partial charge in [0, 0.05) is 5.56 Å². The first kappa shape index (κ1) is 15.2. The van der Waals surface area contributed by atoms with Gasteiger partial charge in [0.2, 0.25) is 5.82 Å². The van der Waals surface area contributed by atoms with E-state index in [1.165, 1.54) is 0 Å². The third kappa shape index (κ3) is 3.21. The van der Waals surface area contributed by atoms with E-state index >= 15 is 0 Å². The number of allylic oxidation sites excluding steroid dienone is 1. The maximum Gasteiger partial charge on any atom is 0.268 e. The lowest BCUT2D eigenvalue weighted by Gasteiger charge is -1.95. The molecule has 3 aromatic rings. The molecule has 0 aliphatic carbocycles. The summed E-state index contributed by atoms with van der Waals surface area (Å²) in [5, 5.41) is 22.1. The van der Waals surface area contributed by atoms with Crippen LogP contribution in [-0.2, 0) is 0 Å². The van der Waals surface area contributed by atoms with Crippen LogP contribution in [-0.4, -0.2) is 10.1 Å². The molecule has 3 rings (SSSR count). The predicted molar refractivity (Wildman–Crippen MR) is 89.1 cm³/mol. The average molecular weight is 312 g/mol. The molecule has 2 aromatic carbocycles. The van der Waals surface area contributed by atoms with Crippen LogP contribution in [0.2, 0.25) is 0 Å². The van der Waals surface area contributed by atoms with Gasteiger partial charge in [0.05, 0.1) is 11.6 Å². The van der Waals surface area contributed by atoms with Gasteiger partial charge in [-0.05, 0) is 30.7 Å². The molecule has 5 nitrogen and oxygen atoms in total. The summed E-state index contributed by atoms with van der Waals surface area (Å²) in [7, 11) is 0. The molecule has 1 aromatic heterocycles. The topological polar surface area (TPSA) is 86.5 Å². The Hall–Kier alpha value is -3.70. The molecular weight excluding hydrogens is 300 g/mol. The van der Waals surface area contributed by atoms with E-state index in [4.69, 9.17) is 9.78 Å². The maximum atomic E-state index is 9.36. The Labute approximate surface area is 139 Å². The number of benzene rings is 2. The number of nitrogens with zero attached hydrogens (tertiary/aromatic N) is 4. The minimum atomic E-state index is 0.164. The van der Waals surface area contributed by atoms with Crippen LogP contribution in [0.1, 0.15) is 22.6 Å². The van der Waals surface area contributed by atoms with Crippen LogP contribution in [0.15, 0.2) is 53.1 Å². The molecule has 0 atom stereocenters. The molecule has 0 fully saturated rings. The third-order valence-electron chi connectivity index (χ3n) is 3.44. The number of nitriles is 2. The Morgan fingerprint density at radius 1 is 1.04 bits per heavy atom. The zero-order valence-corrected chi connectivity index (χ0v) is 12.9. The van der Waals surface area contributed by atoms with Crippen LogP contribution in [0.5, 0.6) is 0 Å². The molecule has 24 heavy (non-hydrogen) atoms. The van der Waals surface area contributed by atoms with Crippen LogP contribution < -0.4 is 0 Å². The molecule has 0 saturated carbocycles. The zero-order valence-electron chi connectivity index (χ0n) is 12.9. The van der Waals surface area contributed by atoms with Gasteiger partial charge in [0.25, 0.3) is 5.89 Å². The summed E-state index contributed by atoms with van der Waals surface area (Å²) in [5.74, 6) is 0.600. The van der Waals surface area contributed by atoms with Crippen molar-refractivity contribution in [2.75, 3.05) is 0 Å². The van der Waals surface area contributed by atoms with Gasteiger partial charge in [0.15, 0.2) is 0 Å². The van der Waals surface area contributed by atoms with Crippen LogP contribution in [0, 0.1) is 29.6 Å². The van der Waals surface area contributed by atoms with Crippen molar-refractivity contribution in [2.45, 2.75) is 6.92 Å². The van der Waals surface area contributed by atoms with Gasteiger partial charge in [-0.15, -0.1) is 0 Å². The molecule has 114 valence electrons. The fourth-order valence-corrected chi connectivity index (χ4v) is 2.12. The van der Waals surface area contributed by atoms with Crippen LogP contribution in [0.3, 0.4) is 0 Å². The fourth-order valence-electron chi connectivity index (χ4n) is 2.12. The van der Waals surface area contributed by atoms with E-state index in [-0.39, 0.29) is 11.5 Å². The largest absolute Gasteiger partial charge is 0.333 e. The summed E-state index contributed by atoms with van der Waals surface area (Å²) in [5.41, 5.74) is 3.57. The first-order valence-corrected chi connectivity index (χ1v) is 7.22. The molecule has 0 unspecified atom stereocenters. The number of aryl methyl sites for hydroxylation is 1. The average Bonchev–Trinajstić information content (AvgIpc) is 3.10. The third-order valence-corrected chi connectivity index (χ3v) is 3.44. The van der Waals surface area contributed by atoms with Crippen LogP contribution in [0.25, 0.3) is 23.0 Å². The number of aromatic nitrogens is 2. The first-order chi connectivity index (χ1) is 11.7. The van der Waals surface area contributed by atoms with Crippen molar-refractivity contribution in [1.82, 2.24) is 10.1 Å². The SMILES string of the molecule is Cc1ccc(-c2noc(/C(C#N)=C/c3ccc(C#N)cc3)n2)cc1. The smallest absolute Gasteiger partial charge is 0.268 e. The van der Waals surface area contributed by atoms with E-state index in [9.17, 15) is 5.26 Å². The lowest BCUT2D eigenvalue weighted by Crippen LogP contribution is -1.84. The minimum Gasteiger partial charge on any atom is -0.333 e. The van der Waals surface area contributed by atoms with Crippen LogP contribution in [0.4, 0.5) is 0 Å². The first-order valence-electron chi connectivity index (χ1n) is 7.22. The number of hydrogen-bond donors (Lipinski definition) is 0. The Kier molecular flexibility index (Phi) is 4.18. The molecule has 0 radical (unpaired) electrons. The van der Waals surface area contributed by atoms with Crippen molar-refractivity contribution < 1.29 is 4.52 Å². The van der Waals surface area contributed by atoms with E-state index in [0.717, 1.165) is 16.7 Å². The highest BCUT2D eigenvalue weighted by Gasteiger charge is 2.12. The molecule has 0 amide bonds. The lowest BCUT2D eigenvalue weighted by molar-refractivity contribution is 0.409. The Morgan fingerprint density at radius 3 is 2.38 bits per heavy atom. The number of rotatable bonds is 3. The molecule has 0 aliphatic rings. The van der Waals surface area contributed by atoms with Gasteiger partial charge in [-0.25, -0.2) is 0 Å². The summed E-state index contributed by atoms with van der Waals surface area (Å²) < 4.78 is 5.22. The quantitative estimate of drug-likeness (QED) is 0.683. The minimum absolute atomic E-state index is 0.164. The highest BCUT2D eigenvalue weighted by Crippen LogP contribution is 2.21. The van der Waals surface area contributed by atoms with Crippen molar-refractivity contribution in [3.63, 3.8) is 0 Å². The van der Waals surface area contributed by atoms with E-state index in [1.807, 2.05) is 31.2 Å². The van der Waals surface area contributed by atoms with Crippen molar-refractivity contribution >= 4 is 11.6 Å².